The second-order valence-electron chi connectivity index (χ2n) is 14.3. The Labute approximate surface area is 320 Å². The monoisotopic (exact) mass is 715 g/mol. The Bertz CT molecular complexity index is 3550. The van der Waals surface area contributed by atoms with E-state index in [1.54, 1.807) is 0 Å². The highest BCUT2D eigenvalue weighted by Gasteiger charge is 2.22. The van der Waals surface area contributed by atoms with E-state index in [1.165, 1.54) is 16.2 Å². The predicted molar refractivity (Wildman–Crippen MR) is 229 cm³/mol. The highest BCUT2D eigenvalue weighted by Crippen LogP contribution is 2.44. The minimum Gasteiger partial charge on any atom is -0.455 e. The standard InChI is InChI=1S/C51H29N3O2/c1-2-13-32(14-3-1)49-52-50(34-26-27-36-33(29-34)24-23-30-11-4-6-15-35(30)36)54-51(53-49)42-20-10-22-44-46(42)40-19-8-18-39(48(40)56-44)38-17-9-21-43-45(38)41-28-25-31-12-5-7-16-37(31)47(41)55-43/h1-29H. The smallest absolute Gasteiger partial charge is 0.164 e. The van der Waals surface area contributed by atoms with Gasteiger partial charge in [0, 0.05) is 49.2 Å². The van der Waals surface area contributed by atoms with E-state index >= 15 is 0 Å². The number of benzene rings is 9. The number of hydrogen-bond donors (Lipinski definition) is 0. The van der Waals surface area contributed by atoms with E-state index < -0.39 is 0 Å². The first-order valence-electron chi connectivity index (χ1n) is 18.8. The molecule has 56 heavy (non-hydrogen) atoms. The molecule has 0 spiro atoms. The molecule has 0 fully saturated rings. The number of fused-ring (bicyclic) bond motifs is 11. The van der Waals surface area contributed by atoms with Crippen LogP contribution in [0, 0.1) is 0 Å². The van der Waals surface area contributed by atoms with Crippen molar-refractivity contribution < 1.29 is 8.83 Å². The molecular weight excluding hydrogens is 687 g/mol. The Hall–Kier alpha value is -7.63. The summed E-state index contributed by atoms with van der Waals surface area (Å²) in [6.45, 7) is 0. The molecule has 0 atom stereocenters. The van der Waals surface area contributed by atoms with Gasteiger partial charge in [0.05, 0.1) is 0 Å². The lowest BCUT2D eigenvalue weighted by molar-refractivity contribution is 0.670. The molecular formula is C51H29N3O2. The molecule has 3 heterocycles. The molecule has 0 unspecified atom stereocenters. The van der Waals surface area contributed by atoms with Gasteiger partial charge in [0.1, 0.15) is 22.3 Å². The van der Waals surface area contributed by atoms with E-state index in [9.17, 15) is 0 Å². The van der Waals surface area contributed by atoms with Crippen molar-refractivity contribution in [3.05, 3.63) is 176 Å². The molecule has 0 amide bonds. The minimum absolute atomic E-state index is 0.584. The largest absolute Gasteiger partial charge is 0.455 e. The van der Waals surface area contributed by atoms with E-state index in [2.05, 4.69) is 127 Å². The fourth-order valence-corrected chi connectivity index (χ4v) is 8.52. The van der Waals surface area contributed by atoms with Crippen molar-refractivity contribution in [2.24, 2.45) is 0 Å². The van der Waals surface area contributed by atoms with Crippen LogP contribution in [0.1, 0.15) is 0 Å². The highest BCUT2D eigenvalue weighted by molar-refractivity contribution is 6.22. The second-order valence-corrected chi connectivity index (χ2v) is 14.3. The molecule has 0 bridgehead atoms. The van der Waals surface area contributed by atoms with Crippen LogP contribution in [0.25, 0.3) is 121 Å². The zero-order chi connectivity index (χ0) is 36.7. The fraction of sp³-hybridized carbons (Fsp3) is 0. The summed E-state index contributed by atoms with van der Waals surface area (Å²) < 4.78 is 13.4. The first-order chi connectivity index (χ1) is 27.7. The number of aromatic nitrogens is 3. The van der Waals surface area contributed by atoms with Crippen molar-refractivity contribution in [1.29, 1.82) is 0 Å². The van der Waals surface area contributed by atoms with Crippen LogP contribution in [0.15, 0.2) is 185 Å². The molecule has 0 aliphatic heterocycles. The predicted octanol–water partition coefficient (Wildman–Crippen LogP) is 13.8. The lowest BCUT2D eigenvalue weighted by atomic mass is 9.96. The molecule has 12 aromatic rings. The number of nitrogens with zero attached hydrogens (tertiary/aromatic N) is 3. The summed E-state index contributed by atoms with van der Waals surface area (Å²) in [5.74, 6) is 1.81. The van der Waals surface area contributed by atoms with Crippen LogP contribution in [0.2, 0.25) is 0 Å². The number of para-hydroxylation sites is 1. The Morgan fingerprint density at radius 3 is 1.68 bits per heavy atom. The quantitative estimate of drug-likeness (QED) is 0.170. The molecule has 260 valence electrons. The van der Waals surface area contributed by atoms with E-state index in [1.807, 2.05) is 48.5 Å². The van der Waals surface area contributed by atoms with Crippen LogP contribution in [-0.4, -0.2) is 15.0 Å². The molecule has 0 N–H and O–H groups in total. The van der Waals surface area contributed by atoms with Gasteiger partial charge in [-0.05, 0) is 56.8 Å². The lowest BCUT2D eigenvalue weighted by Gasteiger charge is -2.10. The number of hydrogen-bond acceptors (Lipinski definition) is 5. The van der Waals surface area contributed by atoms with Crippen molar-refractivity contribution in [2.75, 3.05) is 0 Å². The van der Waals surface area contributed by atoms with Gasteiger partial charge in [0.25, 0.3) is 0 Å². The van der Waals surface area contributed by atoms with Crippen LogP contribution < -0.4 is 0 Å². The summed E-state index contributed by atoms with van der Waals surface area (Å²) in [5, 5.41) is 11.1. The minimum atomic E-state index is 0.584. The third-order valence-corrected chi connectivity index (χ3v) is 11.1. The van der Waals surface area contributed by atoms with Gasteiger partial charge in [0.15, 0.2) is 17.5 Å². The first kappa shape index (κ1) is 30.8. The Balaban J connectivity index is 1.07. The van der Waals surface area contributed by atoms with E-state index in [0.29, 0.717) is 17.5 Å². The van der Waals surface area contributed by atoms with Crippen LogP contribution in [0.3, 0.4) is 0 Å². The molecule has 0 radical (unpaired) electrons. The van der Waals surface area contributed by atoms with Crippen LogP contribution in [-0.2, 0) is 0 Å². The van der Waals surface area contributed by atoms with Gasteiger partial charge in [-0.1, -0.05) is 152 Å². The lowest BCUT2D eigenvalue weighted by Crippen LogP contribution is -2.00. The Kier molecular flexibility index (Phi) is 6.56. The van der Waals surface area contributed by atoms with Crippen molar-refractivity contribution in [3.8, 4) is 45.3 Å². The maximum absolute atomic E-state index is 6.82. The van der Waals surface area contributed by atoms with Crippen molar-refractivity contribution in [3.63, 3.8) is 0 Å². The van der Waals surface area contributed by atoms with E-state index in [4.69, 9.17) is 23.8 Å². The van der Waals surface area contributed by atoms with Crippen molar-refractivity contribution in [1.82, 2.24) is 15.0 Å². The van der Waals surface area contributed by atoms with Gasteiger partial charge in [0.2, 0.25) is 0 Å². The second kappa shape index (κ2) is 11.9. The normalized spacial score (nSPS) is 11.9. The molecule has 3 aromatic heterocycles. The zero-order valence-electron chi connectivity index (χ0n) is 29.9. The summed E-state index contributed by atoms with van der Waals surface area (Å²) in [6.07, 6.45) is 0. The third kappa shape index (κ3) is 4.64. The molecule has 5 heteroatoms. The SMILES string of the molecule is c1ccc(-c2nc(-c3ccc4c(ccc5ccccc54)c3)nc(-c3cccc4oc5c(-c6cccc7oc8c9ccccc9ccc8c67)cccc5c34)n2)cc1. The summed E-state index contributed by atoms with van der Waals surface area (Å²) in [6, 6.07) is 60.9. The molecule has 12 rings (SSSR count). The number of furan rings is 2. The summed E-state index contributed by atoms with van der Waals surface area (Å²) in [7, 11) is 0. The average Bonchev–Trinajstić information content (AvgIpc) is 3.86. The van der Waals surface area contributed by atoms with Crippen LogP contribution in [0.4, 0.5) is 0 Å². The molecule has 5 nitrogen and oxygen atoms in total. The van der Waals surface area contributed by atoms with Crippen LogP contribution >= 0.6 is 0 Å². The molecule has 0 aliphatic rings. The molecule has 0 saturated carbocycles. The van der Waals surface area contributed by atoms with Gasteiger partial charge in [-0.3, -0.25) is 0 Å². The first-order valence-corrected chi connectivity index (χ1v) is 18.8. The Morgan fingerprint density at radius 1 is 0.304 bits per heavy atom. The molecule has 0 saturated heterocycles. The van der Waals surface area contributed by atoms with E-state index in [0.717, 1.165) is 87.9 Å². The van der Waals surface area contributed by atoms with Gasteiger partial charge >= 0.3 is 0 Å². The topological polar surface area (TPSA) is 65.0 Å². The van der Waals surface area contributed by atoms with Gasteiger partial charge < -0.3 is 8.83 Å². The van der Waals surface area contributed by atoms with Gasteiger partial charge in [-0.2, -0.15) is 0 Å². The molecule has 9 aromatic carbocycles. The summed E-state index contributed by atoms with van der Waals surface area (Å²) in [4.78, 5) is 15.4. The van der Waals surface area contributed by atoms with Gasteiger partial charge in [-0.25, -0.2) is 15.0 Å². The zero-order valence-corrected chi connectivity index (χ0v) is 29.9. The summed E-state index contributed by atoms with van der Waals surface area (Å²) >= 11 is 0. The Morgan fingerprint density at radius 2 is 0.839 bits per heavy atom. The summed E-state index contributed by atoms with van der Waals surface area (Å²) in [5.41, 5.74) is 8.08. The van der Waals surface area contributed by atoms with Gasteiger partial charge in [-0.15, -0.1) is 0 Å². The third-order valence-electron chi connectivity index (χ3n) is 11.1. The maximum atomic E-state index is 6.82. The van der Waals surface area contributed by atoms with Crippen molar-refractivity contribution >= 4 is 76.2 Å². The molecule has 0 aliphatic carbocycles. The van der Waals surface area contributed by atoms with Crippen LogP contribution in [0.5, 0.6) is 0 Å². The highest BCUT2D eigenvalue weighted by atomic mass is 16.3. The van der Waals surface area contributed by atoms with Crippen molar-refractivity contribution in [2.45, 2.75) is 0 Å². The average molecular weight is 716 g/mol. The fourth-order valence-electron chi connectivity index (χ4n) is 8.52. The van der Waals surface area contributed by atoms with E-state index in [-0.39, 0.29) is 0 Å². The number of rotatable bonds is 4. The maximum Gasteiger partial charge on any atom is 0.164 e.